The maximum absolute atomic E-state index is 12.6. The van der Waals surface area contributed by atoms with Crippen LogP contribution in [0.4, 0.5) is 0 Å². The van der Waals surface area contributed by atoms with Crippen molar-refractivity contribution < 1.29 is 9.59 Å². The molecule has 1 aromatic rings. The fourth-order valence-corrected chi connectivity index (χ4v) is 2.80. The highest BCUT2D eigenvalue weighted by molar-refractivity contribution is 5.85. The average molecular weight is 302 g/mol. The van der Waals surface area contributed by atoms with E-state index in [0.29, 0.717) is 19.5 Å². The van der Waals surface area contributed by atoms with E-state index in [-0.39, 0.29) is 24.4 Å². The molecule has 0 N–H and O–H groups in total. The first-order chi connectivity index (χ1) is 10.6. The Kier molecular flexibility index (Phi) is 5.99. The minimum absolute atomic E-state index is 0.0362. The molecule has 22 heavy (non-hydrogen) atoms. The van der Waals surface area contributed by atoms with Crippen molar-refractivity contribution in [1.29, 1.82) is 0 Å². The minimum atomic E-state index is 0.0362. The van der Waals surface area contributed by atoms with E-state index in [1.54, 1.807) is 4.90 Å². The van der Waals surface area contributed by atoms with Gasteiger partial charge in [0.15, 0.2) is 0 Å². The van der Waals surface area contributed by atoms with Crippen LogP contribution in [0.2, 0.25) is 0 Å². The lowest BCUT2D eigenvalue weighted by Gasteiger charge is -2.30. The van der Waals surface area contributed by atoms with Crippen molar-refractivity contribution in [1.82, 2.24) is 9.80 Å². The molecule has 120 valence electrons. The van der Waals surface area contributed by atoms with Crippen LogP contribution in [0.5, 0.6) is 0 Å². The maximum Gasteiger partial charge on any atom is 0.242 e. The Hall–Kier alpha value is -1.84. The van der Waals surface area contributed by atoms with E-state index in [1.165, 1.54) is 0 Å². The van der Waals surface area contributed by atoms with Gasteiger partial charge in [-0.25, -0.2) is 0 Å². The smallest absolute Gasteiger partial charge is 0.242 e. The van der Waals surface area contributed by atoms with Crippen molar-refractivity contribution in [3.05, 3.63) is 35.9 Å². The molecule has 4 nitrogen and oxygen atoms in total. The van der Waals surface area contributed by atoms with Crippen molar-refractivity contribution in [3.8, 4) is 0 Å². The molecule has 4 heteroatoms. The Morgan fingerprint density at radius 3 is 2.59 bits per heavy atom. The van der Waals surface area contributed by atoms with Crippen molar-refractivity contribution >= 4 is 11.8 Å². The predicted molar refractivity (Wildman–Crippen MR) is 87.2 cm³/mol. The molecule has 1 aliphatic heterocycles. The lowest BCUT2D eigenvalue weighted by Crippen LogP contribution is -2.45. The molecule has 1 aromatic carbocycles. The number of hydrogen-bond donors (Lipinski definition) is 0. The molecular weight excluding hydrogens is 276 g/mol. The Labute approximate surface area is 133 Å². The first-order valence-electron chi connectivity index (χ1n) is 8.19. The third kappa shape index (κ3) is 4.58. The van der Waals surface area contributed by atoms with Gasteiger partial charge in [-0.15, -0.1) is 0 Å². The molecule has 0 bridgehead atoms. The summed E-state index contributed by atoms with van der Waals surface area (Å²) in [5.41, 5.74) is 1.12. The first kappa shape index (κ1) is 16.5. The van der Waals surface area contributed by atoms with Gasteiger partial charge in [-0.3, -0.25) is 9.59 Å². The molecule has 2 rings (SSSR count). The molecule has 1 heterocycles. The summed E-state index contributed by atoms with van der Waals surface area (Å²) in [6.45, 7) is 5.56. The summed E-state index contributed by atoms with van der Waals surface area (Å²) in [7, 11) is 0. The largest absolute Gasteiger partial charge is 0.334 e. The van der Waals surface area contributed by atoms with Crippen LogP contribution < -0.4 is 0 Å². The summed E-state index contributed by atoms with van der Waals surface area (Å²) in [4.78, 5) is 28.3. The molecule has 1 fully saturated rings. The predicted octanol–water partition coefficient (Wildman–Crippen LogP) is 2.83. The van der Waals surface area contributed by atoms with Crippen LogP contribution in [0.1, 0.15) is 45.1 Å². The Bertz CT molecular complexity index is 499. The molecule has 0 aliphatic carbocycles. The maximum atomic E-state index is 12.6. The first-order valence-corrected chi connectivity index (χ1v) is 8.19. The van der Waals surface area contributed by atoms with E-state index in [2.05, 4.69) is 0 Å². The zero-order chi connectivity index (χ0) is 15.9. The van der Waals surface area contributed by atoms with Crippen LogP contribution in [0.15, 0.2) is 30.3 Å². The number of carbonyl (C=O) groups is 2. The third-order valence-electron chi connectivity index (χ3n) is 4.14. The number of likely N-dealkylation sites (tertiary alicyclic amines) is 1. The Balaban J connectivity index is 2.01. The average Bonchev–Trinajstić information content (AvgIpc) is 2.70. The van der Waals surface area contributed by atoms with Gasteiger partial charge in [-0.2, -0.15) is 0 Å². The lowest BCUT2D eigenvalue weighted by atomic mass is 10.2. The molecule has 0 aromatic heterocycles. The molecular formula is C18H26N2O2. The van der Waals surface area contributed by atoms with Gasteiger partial charge in [0.25, 0.3) is 0 Å². The second kappa shape index (κ2) is 7.97. The standard InChI is InChI=1S/C18H26N2O2/c1-15(2)20(13-16-9-5-3-6-10-16)18(22)14-19-12-8-4-7-11-17(19)21/h3,5-6,9-10,15H,4,7-8,11-14H2,1-2H3. The van der Waals surface area contributed by atoms with Crippen LogP contribution in [0, 0.1) is 0 Å². The van der Waals surface area contributed by atoms with Crippen LogP contribution in [0.25, 0.3) is 0 Å². The van der Waals surface area contributed by atoms with Gasteiger partial charge in [0.05, 0.1) is 6.54 Å². The van der Waals surface area contributed by atoms with E-state index < -0.39 is 0 Å². The van der Waals surface area contributed by atoms with E-state index in [9.17, 15) is 9.59 Å². The SMILES string of the molecule is CC(C)N(Cc1ccccc1)C(=O)CN1CCCCCC1=O. The summed E-state index contributed by atoms with van der Waals surface area (Å²) in [6, 6.07) is 10.1. The molecule has 1 aliphatic rings. The zero-order valence-corrected chi connectivity index (χ0v) is 13.6. The highest BCUT2D eigenvalue weighted by atomic mass is 16.2. The van der Waals surface area contributed by atoms with Gasteiger partial charge in [0.1, 0.15) is 0 Å². The topological polar surface area (TPSA) is 40.6 Å². The van der Waals surface area contributed by atoms with Crippen molar-refractivity contribution in [2.24, 2.45) is 0 Å². The van der Waals surface area contributed by atoms with Crippen LogP contribution in [-0.2, 0) is 16.1 Å². The zero-order valence-electron chi connectivity index (χ0n) is 13.6. The normalized spacial score (nSPS) is 15.8. The molecule has 0 saturated carbocycles. The fourth-order valence-electron chi connectivity index (χ4n) is 2.80. The number of nitrogens with zero attached hydrogens (tertiary/aromatic N) is 2. The summed E-state index contributed by atoms with van der Waals surface area (Å²) < 4.78 is 0. The summed E-state index contributed by atoms with van der Waals surface area (Å²) in [5, 5.41) is 0. The number of hydrogen-bond acceptors (Lipinski definition) is 2. The molecule has 0 unspecified atom stereocenters. The Morgan fingerprint density at radius 1 is 1.18 bits per heavy atom. The van der Waals surface area contributed by atoms with Crippen molar-refractivity contribution in [3.63, 3.8) is 0 Å². The second-order valence-corrected chi connectivity index (χ2v) is 6.23. The van der Waals surface area contributed by atoms with Crippen LogP contribution in [-0.4, -0.2) is 40.7 Å². The summed E-state index contributed by atoms with van der Waals surface area (Å²) in [5.74, 6) is 0.156. The van der Waals surface area contributed by atoms with E-state index in [4.69, 9.17) is 0 Å². The van der Waals surface area contributed by atoms with Gasteiger partial charge < -0.3 is 9.80 Å². The molecule has 1 saturated heterocycles. The third-order valence-corrected chi connectivity index (χ3v) is 4.14. The van der Waals surface area contributed by atoms with Gasteiger partial charge in [-0.05, 0) is 32.3 Å². The molecule has 0 spiro atoms. The monoisotopic (exact) mass is 302 g/mol. The molecule has 2 amide bonds. The molecule has 0 atom stereocenters. The van der Waals surface area contributed by atoms with E-state index in [1.807, 2.05) is 49.1 Å². The number of amides is 2. The lowest BCUT2D eigenvalue weighted by molar-refractivity contribution is -0.141. The molecule has 0 radical (unpaired) electrons. The van der Waals surface area contributed by atoms with Gasteiger partial charge in [-0.1, -0.05) is 36.8 Å². The number of benzene rings is 1. The number of rotatable bonds is 5. The van der Waals surface area contributed by atoms with Crippen LogP contribution in [0.3, 0.4) is 0 Å². The summed E-state index contributed by atoms with van der Waals surface area (Å²) >= 11 is 0. The second-order valence-electron chi connectivity index (χ2n) is 6.23. The highest BCUT2D eigenvalue weighted by Crippen LogP contribution is 2.13. The van der Waals surface area contributed by atoms with Gasteiger partial charge in [0, 0.05) is 25.6 Å². The highest BCUT2D eigenvalue weighted by Gasteiger charge is 2.23. The van der Waals surface area contributed by atoms with Crippen molar-refractivity contribution in [2.45, 2.75) is 52.1 Å². The summed E-state index contributed by atoms with van der Waals surface area (Å²) in [6.07, 6.45) is 3.60. The quantitative estimate of drug-likeness (QED) is 0.839. The van der Waals surface area contributed by atoms with Crippen LogP contribution >= 0.6 is 0 Å². The Morgan fingerprint density at radius 2 is 1.91 bits per heavy atom. The van der Waals surface area contributed by atoms with Gasteiger partial charge in [0.2, 0.25) is 11.8 Å². The van der Waals surface area contributed by atoms with Gasteiger partial charge >= 0.3 is 0 Å². The number of carbonyl (C=O) groups excluding carboxylic acids is 2. The fraction of sp³-hybridized carbons (Fsp3) is 0.556. The van der Waals surface area contributed by atoms with E-state index in [0.717, 1.165) is 24.8 Å². The van der Waals surface area contributed by atoms with Crippen molar-refractivity contribution in [2.75, 3.05) is 13.1 Å². The van der Waals surface area contributed by atoms with E-state index >= 15 is 0 Å². The minimum Gasteiger partial charge on any atom is -0.334 e.